The predicted octanol–water partition coefficient (Wildman–Crippen LogP) is 1.77. The van der Waals surface area contributed by atoms with E-state index in [0.29, 0.717) is 5.82 Å². The maximum absolute atomic E-state index is 8.77. The van der Waals surface area contributed by atoms with Crippen LogP contribution in [0.4, 0.5) is 0 Å². The summed E-state index contributed by atoms with van der Waals surface area (Å²) in [6.45, 7) is 7.23. The zero-order valence-corrected chi connectivity index (χ0v) is 9.24. The van der Waals surface area contributed by atoms with Crippen LogP contribution in [-0.4, -0.2) is 15.6 Å². The maximum atomic E-state index is 8.77. The average Bonchev–Trinajstić information content (AvgIpc) is 2.14. The molecular weight excluding hydrogens is 194 g/mol. The van der Waals surface area contributed by atoms with Crippen LogP contribution in [0.15, 0.2) is 6.20 Å². The zero-order valence-electron chi connectivity index (χ0n) is 9.24. The molecule has 0 aliphatic heterocycles. The number of nitriles is 1. The molecule has 1 aromatic heterocycles. The first-order valence-electron chi connectivity index (χ1n) is 4.52. The molecule has 0 amide bonds. The molecule has 1 rings (SSSR count). The van der Waals surface area contributed by atoms with Crippen molar-refractivity contribution in [3.05, 3.63) is 17.6 Å². The molecule has 0 bridgehead atoms. The van der Waals surface area contributed by atoms with Gasteiger partial charge in [-0.3, -0.25) is 0 Å². The number of hydrogen-bond acceptors (Lipinski definition) is 5. The summed E-state index contributed by atoms with van der Waals surface area (Å²) in [7, 11) is 0. The summed E-state index contributed by atoms with van der Waals surface area (Å²) in [6.07, 6.45) is 1.41. The molecule has 80 valence electrons. The largest absolute Gasteiger partial charge is 0.315 e. The van der Waals surface area contributed by atoms with Crippen molar-refractivity contribution < 1.29 is 9.78 Å². The van der Waals surface area contributed by atoms with Gasteiger partial charge in [-0.15, -0.1) is 0 Å². The first-order chi connectivity index (χ1) is 6.92. The molecule has 0 unspecified atom stereocenters. The Hall–Kier alpha value is -1.67. The highest BCUT2D eigenvalue weighted by Gasteiger charge is 2.15. The molecule has 0 aliphatic rings. The number of aromatic nitrogens is 2. The number of rotatable bonds is 2. The molecule has 0 saturated heterocycles. The van der Waals surface area contributed by atoms with Gasteiger partial charge in [0.25, 0.3) is 5.88 Å². The number of aryl methyl sites for hydroxylation is 1. The summed E-state index contributed by atoms with van der Waals surface area (Å²) < 4.78 is 0. The van der Waals surface area contributed by atoms with Crippen molar-refractivity contribution in [1.29, 1.82) is 5.26 Å². The molecular formula is C10H13N3O2. The minimum atomic E-state index is -0.453. The van der Waals surface area contributed by atoms with Crippen LogP contribution in [-0.2, 0) is 4.89 Å². The van der Waals surface area contributed by atoms with Crippen molar-refractivity contribution in [3.8, 4) is 11.9 Å². The van der Waals surface area contributed by atoms with Crippen LogP contribution in [0.1, 0.15) is 32.2 Å². The van der Waals surface area contributed by atoms with Gasteiger partial charge in [0.15, 0.2) is 0 Å². The lowest BCUT2D eigenvalue weighted by atomic mass is 10.2. The Balaban J connectivity index is 2.85. The highest BCUT2D eigenvalue weighted by atomic mass is 17.2. The van der Waals surface area contributed by atoms with Gasteiger partial charge in [0.2, 0.25) is 0 Å². The van der Waals surface area contributed by atoms with Gasteiger partial charge in [-0.1, -0.05) is 0 Å². The third kappa shape index (κ3) is 3.52. The molecule has 0 spiro atoms. The molecule has 0 fully saturated rings. The fraction of sp³-hybridized carbons (Fsp3) is 0.500. The number of hydrogen-bond donors (Lipinski definition) is 0. The fourth-order valence-corrected chi connectivity index (χ4v) is 0.754. The SMILES string of the molecule is Cc1ncc(C#N)c(OOC(C)(C)C)n1. The Labute approximate surface area is 88.6 Å². The molecule has 0 radical (unpaired) electrons. The van der Waals surface area contributed by atoms with E-state index in [2.05, 4.69) is 9.97 Å². The first-order valence-corrected chi connectivity index (χ1v) is 4.52. The van der Waals surface area contributed by atoms with Crippen molar-refractivity contribution in [2.45, 2.75) is 33.3 Å². The Morgan fingerprint density at radius 1 is 1.40 bits per heavy atom. The van der Waals surface area contributed by atoms with Gasteiger partial charge in [0.1, 0.15) is 23.1 Å². The Morgan fingerprint density at radius 2 is 2.07 bits per heavy atom. The van der Waals surface area contributed by atoms with E-state index in [4.69, 9.17) is 15.0 Å². The lowest BCUT2D eigenvalue weighted by Crippen LogP contribution is -2.22. The van der Waals surface area contributed by atoms with Gasteiger partial charge in [0, 0.05) is 0 Å². The van der Waals surface area contributed by atoms with Gasteiger partial charge >= 0.3 is 0 Å². The molecule has 0 aromatic carbocycles. The minimum absolute atomic E-state index is 0.153. The average molecular weight is 207 g/mol. The second-order valence-electron chi connectivity index (χ2n) is 4.03. The molecule has 1 aromatic rings. The quantitative estimate of drug-likeness (QED) is 0.546. The van der Waals surface area contributed by atoms with Crippen molar-refractivity contribution in [2.75, 3.05) is 0 Å². The summed E-state index contributed by atoms with van der Waals surface area (Å²) >= 11 is 0. The van der Waals surface area contributed by atoms with Crippen LogP contribution >= 0.6 is 0 Å². The smallest absolute Gasteiger partial charge is 0.277 e. The summed E-state index contributed by atoms with van der Waals surface area (Å²) in [5.74, 6) is 0.682. The van der Waals surface area contributed by atoms with Gasteiger partial charge in [-0.25, -0.2) is 4.98 Å². The van der Waals surface area contributed by atoms with E-state index < -0.39 is 5.60 Å². The normalized spacial score (nSPS) is 10.9. The van der Waals surface area contributed by atoms with Gasteiger partial charge in [0.05, 0.1) is 6.20 Å². The van der Waals surface area contributed by atoms with Crippen LogP contribution in [0.3, 0.4) is 0 Å². The van der Waals surface area contributed by atoms with E-state index >= 15 is 0 Å². The van der Waals surface area contributed by atoms with Crippen LogP contribution in [0, 0.1) is 18.3 Å². The standard InChI is InChI=1S/C10H13N3O2/c1-7-12-6-8(5-11)9(13-7)14-15-10(2,3)4/h6H,1-4H3. The minimum Gasteiger partial charge on any atom is -0.315 e. The Kier molecular flexibility index (Phi) is 3.22. The summed E-state index contributed by atoms with van der Waals surface area (Å²) in [5, 5.41) is 8.77. The molecule has 0 aliphatic carbocycles. The monoisotopic (exact) mass is 207 g/mol. The van der Waals surface area contributed by atoms with E-state index in [-0.39, 0.29) is 11.4 Å². The molecule has 1 heterocycles. The topological polar surface area (TPSA) is 68.0 Å². The molecule has 0 saturated carbocycles. The molecule has 5 heteroatoms. The summed E-state index contributed by atoms with van der Waals surface area (Å²) in [4.78, 5) is 17.9. The Bertz CT molecular complexity index is 391. The third-order valence-corrected chi connectivity index (χ3v) is 1.37. The van der Waals surface area contributed by atoms with Gasteiger partial charge in [-0.05, 0) is 27.7 Å². The summed E-state index contributed by atoms with van der Waals surface area (Å²) in [6, 6.07) is 1.93. The van der Waals surface area contributed by atoms with Gasteiger partial charge in [-0.2, -0.15) is 15.1 Å². The molecule has 15 heavy (non-hydrogen) atoms. The highest BCUT2D eigenvalue weighted by Crippen LogP contribution is 2.16. The fourth-order valence-electron chi connectivity index (χ4n) is 0.754. The van der Waals surface area contributed by atoms with Gasteiger partial charge < -0.3 is 4.89 Å². The zero-order chi connectivity index (χ0) is 11.5. The van der Waals surface area contributed by atoms with Crippen molar-refractivity contribution in [1.82, 2.24) is 9.97 Å². The highest BCUT2D eigenvalue weighted by molar-refractivity contribution is 5.35. The first kappa shape index (κ1) is 11.4. The summed E-state index contributed by atoms with van der Waals surface area (Å²) in [5.41, 5.74) is -0.198. The van der Waals surface area contributed by atoms with Crippen LogP contribution < -0.4 is 4.89 Å². The lowest BCUT2D eigenvalue weighted by molar-refractivity contribution is -0.277. The second-order valence-corrected chi connectivity index (χ2v) is 4.03. The van der Waals surface area contributed by atoms with E-state index in [1.807, 2.05) is 26.8 Å². The van der Waals surface area contributed by atoms with Crippen molar-refractivity contribution in [2.24, 2.45) is 0 Å². The van der Waals surface area contributed by atoms with Crippen molar-refractivity contribution >= 4 is 0 Å². The third-order valence-electron chi connectivity index (χ3n) is 1.37. The van der Waals surface area contributed by atoms with E-state index in [1.165, 1.54) is 6.20 Å². The van der Waals surface area contributed by atoms with E-state index in [0.717, 1.165) is 0 Å². The predicted molar refractivity (Wildman–Crippen MR) is 53.0 cm³/mol. The maximum Gasteiger partial charge on any atom is 0.277 e. The number of nitrogens with zero attached hydrogens (tertiary/aromatic N) is 3. The Morgan fingerprint density at radius 3 is 2.60 bits per heavy atom. The molecule has 5 nitrogen and oxygen atoms in total. The van der Waals surface area contributed by atoms with Crippen LogP contribution in [0.25, 0.3) is 0 Å². The van der Waals surface area contributed by atoms with E-state index in [1.54, 1.807) is 6.92 Å². The molecule has 0 N–H and O–H groups in total. The van der Waals surface area contributed by atoms with Crippen LogP contribution in [0.5, 0.6) is 5.88 Å². The lowest BCUT2D eigenvalue weighted by Gasteiger charge is -2.17. The second kappa shape index (κ2) is 4.24. The van der Waals surface area contributed by atoms with Crippen molar-refractivity contribution in [3.63, 3.8) is 0 Å². The molecule has 0 atom stereocenters. The van der Waals surface area contributed by atoms with Crippen LogP contribution in [0.2, 0.25) is 0 Å². The van der Waals surface area contributed by atoms with E-state index in [9.17, 15) is 0 Å².